The predicted molar refractivity (Wildman–Crippen MR) is 42.8 cm³/mol. The second kappa shape index (κ2) is 1.28. The molecule has 5 aliphatic carbocycles. The fourth-order valence-corrected chi connectivity index (χ4v) is 4.99. The summed E-state index contributed by atoms with van der Waals surface area (Å²) < 4.78 is 0. The molecule has 5 aliphatic rings. The Morgan fingerprint density at radius 2 is 2.09 bits per heavy atom. The zero-order valence-electron chi connectivity index (χ0n) is 6.79. The lowest BCUT2D eigenvalue weighted by Gasteiger charge is -2.44. The van der Waals surface area contributed by atoms with Gasteiger partial charge in [-0.15, -0.1) is 0 Å². The number of hydrogen-bond acceptors (Lipinski definition) is 1. The van der Waals surface area contributed by atoms with Crippen LogP contribution in [0.25, 0.3) is 0 Å². The van der Waals surface area contributed by atoms with Gasteiger partial charge in [0.2, 0.25) is 0 Å². The third kappa shape index (κ3) is 0.438. The summed E-state index contributed by atoms with van der Waals surface area (Å²) >= 11 is 0. The minimum Gasteiger partial charge on any atom is -0.325 e. The second-order valence-electron chi connectivity index (χ2n) is 5.51. The molecule has 0 aromatic rings. The van der Waals surface area contributed by atoms with E-state index in [2.05, 4.69) is 0 Å². The molecule has 5 rings (SSSR count). The maximum atomic E-state index is 6.41. The summed E-state index contributed by atoms with van der Waals surface area (Å²) in [6.45, 7) is 0. The van der Waals surface area contributed by atoms with E-state index in [-0.39, 0.29) is 0 Å². The highest BCUT2D eigenvalue weighted by molar-refractivity contribution is 5.25. The van der Waals surface area contributed by atoms with Crippen molar-refractivity contribution in [3.8, 4) is 0 Å². The van der Waals surface area contributed by atoms with Crippen molar-refractivity contribution in [3.63, 3.8) is 0 Å². The average molecular weight is 149 g/mol. The zero-order valence-corrected chi connectivity index (χ0v) is 6.79. The fourth-order valence-electron chi connectivity index (χ4n) is 4.99. The molecule has 60 valence electrons. The number of hydrogen-bond donors (Lipinski definition) is 1. The zero-order chi connectivity index (χ0) is 7.22. The predicted octanol–water partition coefficient (Wildman–Crippen LogP) is 1.38. The van der Waals surface area contributed by atoms with Crippen molar-refractivity contribution in [2.24, 2.45) is 35.3 Å². The topological polar surface area (TPSA) is 26.0 Å². The van der Waals surface area contributed by atoms with Gasteiger partial charge in [-0.05, 0) is 55.3 Å². The van der Waals surface area contributed by atoms with Crippen LogP contribution in [0.3, 0.4) is 0 Å². The van der Waals surface area contributed by atoms with Crippen molar-refractivity contribution in [1.29, 1.82) is 0 Å². The van der Waals surface area contributed by atoms with E-state index < -0.39 is 0 Å². The summed E-state index contributed by atoms with van der Waals surface area (Å²) in [4.78, 5) is 0. The first-order chi connectivity index (χ1) is 5.28. The first-order valence-electron chi connectivity index (χ1n) is 5.07. The maximum Gasteiger partial charge on any atom is 0.0193 e. The van der Waals surface area contributed by atoms with Crippen molar-refractivity contribution in [2.45, 2.75) is 31.2 Å². The summed E-state index contributed by atoms with van der Waals surface area (Å²) in [6, 6.07) is 0. The Labute approximate surface area is 67.3 Å². The Hall–Kier alpha value is -0.0400. The van der Waals surface area contributed by atoms with Crippen molar-refractivity contribution >= 4 is 0 Å². The lowest BCUT2D eigenvalue weighted by atomic mass is 9.64. The molecule has 1 nitrogen and oxygen atoms in total. The van der Waals surface area contributed by atoms with Gasteiger partial charge < -0.3 is 5.73 Å². The van der Waals surface area contributed by atoms with Gasteiger partial charge in [-0.25, -0.2) is 0 Å². The molecule has 0 aliphatic heterocycles. The van der Waals surface area contributed by atoms with E-state index in [1.807, 2.05) is 0 Å². The van der Waals surface area contributed by atoms with Gasteiger partial charge in [0.1, 0.15) is 0 Å². The highest BCUT2D eigenvalue weighted by Gasteiger charge is 2.73. The van der Waals surface area contributed by atoms with Crippen LogP contribution in [-0.4, -0.2) is 5.54 Å². The SMILES string of the molecule is N[C@@]12C[C@H]3C[C@@H](C1)C1C2[C@H]1C3. The van der Waals surface area contributed by atoms with Crippen LogP contribution in [0.1, 0.15) is 25.7 Å². The first-order valence-corrected chi connectivity index (χ1v) is 5.07. The van der Waals surface area contributed by atoms with Crippen LogP contribution in [0.5, 0.6) is 0 Å². The molecule has 0 heterocycles. The van der Waals surface area contributed by atoms with E-state index in [9.17, 15) is 0 Å². The molecule has 0 amide bonds. The highest BCUT2D eigenvalue weighted by Crippen LogP contribution is 2.75. The van der Waals surface area contributed by atoms with Gasteiger partial charge in [0.15, 0.2) is 0 Å². The van der Waals surface area contributed by atoms with Crippen LogP contribution < -0.4 is 5.73 Å². The van der Waals surface area contributed by atoms with E-state index in [1.165, 1.54) is 19.3 Å². The summed E-state index contributed by atoms with van der Waals surface area (Å²) in [5, 5.41) is 0. The van der Waals surface area contributed by atoms with Gasteiger partial charge in [0, 0.05) is 5.54 Å². The Balaban J connectivity index is 1.90. The molecule has 2 N–H and O–H groups in total. The molecular weight excluding hydrogens is 134 g/mol. The van der Waals surface area contributed by atoms with Gasteiger partial charge >= 0.3 is 0 Å². The average Bonchev–Trinajstić information content (AvgIpc) is 2.55. The lowest BCUT2D eigenvalue weighted by Crippen LogP contribution is -2.49. The summed E-state index contributed by atoms with van der Waals surface area (Å²) in [5.74, 6) is 5.32. The third-order valence-electron chi connectivity index (χ3n) is 4.99. The smallest absolute Gasteiger partial charge is 0.0193 e. The largest absolute Gasteiger partial charge is 0.325 e. The molecule has 0 radical (unpaired) electrons. The van der Waals surface area contributed by atoms with Gasteiger partial charge in [0.25, 0.3) is 0 Å². The van der Waals surface area contributed by atoms with Crippen LogP contribution in [0.4, 0.5) is 0 Å². The van der Waals surface area contributed by atoms with Crippen LogP contribution >= 0.6 is 0 Å². The molecule has 5 saturated carbocycles. The number of nitrogens with two attached hydrogens (primary N) is 1. The van der Waals surface area contributed by atoms with Crippen molar-refractivity contribution in [2.75, 3.05) is 0 Å². The van der Waals surface area contributed by atoms with Crippen LogP contribution in [0.2, 0.25) is 0 Å². The van der Waals surface area contributed by atoms with Crippen LogP contribution in [-0.2, 0) is 0 Å². The molecule has 5 fully saturated rings. The molecule has 0 aromatic carbocycles. The molecule has 0 saturated heterocycles. The van der Waals surface area contributed by atoms with Crippen molar-refractivity contribution in [3.05, 3.63) is 0 Å². The Bertz CT molecular complexity index is 237. The summed E-state index contributed by atoms with van der Waals surface area (Å²) in [6.07, 6.45) is 5.85. The normalized spacial score (nSPS) is 75.5. The quantitative estimate of drug-likeness (QED) is 0.553. The standard InChI is InChI=1S/C10H15N/c11-10-3-5-1-6(4-10)8-7(2-5)9(8)10/h5-9H,1-4,11H2/t5-,6-,7-,8?,9?,10-/m0/s1. The molecular formula is C10H15N. The minimum atomic E-state index is 0.348. The van der Waals surface area contributed by atoms with Gasteiger partial charge in [-0.3, -0.25) is 0 Å². The molecule has 0 aromatic heterocycles. The van der Waals surface area contributed by atoms with Gasteiger partial charge in [0.05, 0.1) is 0 Å². The first kappa shape index (κ1) is 5.58. The van der Waals surface area contributed by atoms with E-state index in [1.54, 1.807) is 6.42 Å². The third-order valence-corrected chi connectivity index (χ3v) is 4.99. The van der Waals surface area contributed by atoms with E-state index in [4.69, 9.17) is 5.73 Å². The minimum absolute atomic E-state index is 0.348. The van der Waals surface area contributed by atoms with Crippen LogP contribution in [0, 0.1) is 29.6 Å². The van der Waals surface area contributed by atoms with Crippen molar-refractivity contribution in [1.82, 2.24) is 0 Å². The van der Waals surface area contributed by atoms with Crippen LogP contribution in [0.15, 0.2) is 0 Å². The molecule has 4 bridgehead atoms. The van der Waals surface area contributed by atoms with Gasteiger partial charge in [-0.1, -0.05) is 0 Å². The van der Waals surface area contributed by atoms with E-state index in [0.29, 0.717) is 5.54 Å². The second-order valence-corrected chi connectivity index (χ2v) is 5.51. The molecule has 0 spiro atoms. The molecule has 11 heavy (non-hydrogen) atoms. The van der Waals surface area contributed by atoms with Gasteiger partial charge in [-0.2, -0.15) is 0 Å². The maximum absolute atomic E-state index is 6.41. The molecule has 6 atom stereocenters. The Morgan fingerprint density at radius 1 is 1.18 bits per heavy atom. The monoisotopic (exact) mass is 149 g/mol. The van der Waals surface area contributed by atoms with E-state index >= 15 is 0 Å². The number of rotatable bonds is 0. The Kier molecular flexibility index (Phi) is 0.651. The molecule has 2 unspecified atom stereocenters. The fraction of sp³-hybridized carbons (Fsp3) is 1.00. The van der Waals surface area contributed by atoms with Crippen molar-refractivity contribution < 1.29 is 0 Å². The highest BCUT2D eigenvalue weighted by atomic mass is 14.9. The van der Waals surface area contributed by atoms with E-state index in [0.717, 1.165) is 29.6 Å². The lowest BCUT2D eigenvalue weighted by molar-refractivity contribution is 0.105. The summed E-state index contributed by atoms with van der Waals surface area (Å²) in [5.41, 5.74) is 6.75. The molecule has 1 heteroatoms. The summed E-state index contributed by atoms with van der Waals surface area (Å²) in [7, 11) is 0. The Morgan fingerprint density at radius 3 is 2.82 bits per heavy atom.